The molecule has 1 aromatic rings. The molecule has 4 N–H and O–H groups in total. The maximum absolute atomic E-state index is 5.46. The summed E-state index contributed by atoms with van der Waals surface area (Å²) in [5.41, 5.74) is 2.41. The standard InChI is InChI=1S/C11H20N6O2/c1-7(2)19-11-15-9(14-10(16-11)17-12)13-8-3-5-18-6-4-8/h7-8H,3-6,12H2,1-2H3,(H2,13,14,15,16,17). The summed E-state index contributed by atoms with van der Waals surface area (Å²) >= 11 is 0. The van der Waals surface area contributed by atoms with Gasteiger partial charge in [-0.2, -0.15) is 15.0 Å². The molecule has 19 heavy (non-hydrogen) atoms. The minimum Gasteiger partial charge on any atom is -0.461 e. The van der Waals surface area contributed by atoms with Crippen LogP contribution in [-0.2, 0) is 4.74 Å². The summed E-state index contributed by atoms with van der Waals surface area (Å²) in [4.78, 5) is 12.4. The number of aromatic nitrogens is 3. The molecule has 8 nitrogen and oxygen atoms in total. The van der Waals surface area contributed by atoms with Gasteiger partial charge in [-0.05, 0) is 26.7 Å². The van der Waals surface area contributed by atoms with E-state index in [-0.39, 0.29) is 18.1 Å². The molecule has 1 saturated heterocycles. The van der Waals surface area contributed by atoms with Gasteiger partial charge in [0.2, 0.25) is 11.9 Å². The fourth-order valence-corrected chi connectivity index (χ4v) is 1.77. The van der Waals surface area contributed by atoms with Gasteiger partial charge in [-0.3, -0.25) is 5.43 Å². The Morgan fingerprint density at radius 2 is 1.89 bits per heavy atom. The van der Waals surface area contributed by atoms with E-state index in [4.69, 9.17) is 15.3 Å². The van der Waals surface area contributed by atoms with Crippen molar-refractivity contribution in [2.75, 3.05) is 24.0 Å². The zero-order valence-corrected chi connectivity index (χ0v) is 11.2. The Morgan fingerprint density at radius 3 is 2.53 bits per heavy atom. The summed E-state index contributed by atoms with van der Waals surface area (Å²) < 4.78 is 10.8. The Balaban J connectivity index is 2.09. The summed E-state index contributed by atoms with van der Waals surface area (Å²) in [6.07, 6.45) is 1.85. The molecule has 2 rings (SSSR count). The molecule has 0 aromatic carbocycles. The SMILES string of the molecule is CC(C)Oc1nc(NN)nc(NC2CCOCC2)n1. The van der Waals surface area contributed by atoms with Crippen LogP contribution in [0.1, 0.15) is 26.7 Å². The molecule has 0 atom stereocenters. The van der Waals surface area contributed by atoms with E-state index < -0.39 is 0 Å². The van der Waals surface area contributed by atoms with Crippen molar-refractivity contribution in [2.45, 2.75) is 38.8 Å². The highest BCUT2D eigenvalue weighted by Gasteiger charge is 2.16. The first-order valence-electron chi connectivity index (χ1n) is 6.41. The molecule has 0 radical (unpaired) electrons. The third-order valence-electron chi connectivity index (χ3n) is 2.64. The number of nitrogen functional groups attached to an aromatic ring is 1. The Kier molecular flexibility index (Phi) is 4.69. The number of ether oxygens (including phenoxy) is 2. The van der Waals surface area contributed by atoms with Gasteiger partial charge in [0.15, 0.2) is 0 Å². The fraction of sp³-hybridized carbons (Fsp3) is 0.727. The van der Waals surface area contributed by atoms with Gasteiger partial charge in [0.1, 0.15) is 0 Å². The van der Waals surface area contributed by atoms with Gasteiger partial charge < -0.3 is 14.8 Å². The average molecular weight is 268 g/mol. The normalized spacial score (nSPS) is 16.4. The van der Waals surface area contributed by atoms with E-state index in [2.05, 4.69) is 25.7 Å². The van der Waals surface area contributed by atoms with E-state index >= 15 is 0 Å². The van der Waals surface area contributed by atoms with Crippen molar-refractivity contribution >= 4 is 11.9 Å². The number of hydrogen-bond acceptors (Lipinski definition) is 8. The third-order valence-corrected chi connectivity index (χ3v) is 2.64. The topological polar surface area (TPSA) is 107 Å². The first kappa shape index (κ1) is 13.8. The Morgan fingerprint density at radius 1 is 1.21 bits per heavy atom. The molecule has 0 spiro atoms. The molecule has 1 aliphatic heterocycles. The van der Waals surface area contributed by atoms with Gasteiger partial charge in [-0.1, -0.05) is 0 Å². The quantitative estimate of drug-likeness (QED) is 0.524. The van der Waals surface area contributed by atoms with Crippen LogP contribution in [0.5, 0.6) is 6.01 Å². The van der Waals surface area contributed by atoms with Crippen LogP contribution < -0.4 is 21.3 Å². The van der Waals surface area contributed by atoms with E-state index in [0.29, 0.717) is 12.0 Å². The number of nitrogens with two attached hydrogens (primary N) is 1. The molecular formula is C11H20N6O2. The van der Waals surface area contributed by atoms with E-state index in [1.165, 1.54) is 0 Å². The molecule has 1 aliphatic rings. The highest BCUT2D eigenvalue weighted by Crippen LogP contribution is 2.16. The average Bonchev–Trinajstić information content (AvgIpc) is 2.38. The van der Waals surface area contributed by atoms with Crippen LogP contribution in [0.15, 0.2) is 0 Å². The zero-order valence-electron chi connectivity index (χ0n) is 11.2. The van der Waals surface area contributed by atoms with Crippen LogP contribution in [0, 0.1) is 0 Å². The van der Waals surface area contributed by atoms with Gasteiger partial charge in [0.25, 0.3) is 0 Å². The number of nitrogens with zero attached hydrogens (tertiary/aromatic N) is 3. The number of rotatable bonds is 5. The fourth-order valence-electron chi connectivity index (χ4n) is 1.77. The second-order valence-corrected chi connectivity index (χ2v) is 4.61. The van der Waals surface area contributed by atoms with Gasteiger partial charge in [0.05, 0.1) is 6.10 Å². The van der Waals surface area contributed by atoms with Crippen LogP contribution >= 0.6 is 0 Å². The van der Waals surface area contributed by atoms with E-state index in [1.54, 1.807) is 0 Å². The van der Waals surface area contributed by atoms with Crippen molar-refractivity contribution in [1.82, 2.24) is 15.0 Å². The highest BCUT2D eigenvalue weighted by molar-refractivity contribution is 5.35. The summed E-state index contributed by atoms with van der Waals surface area (Å²) in [6.45, 7) is 5.32. The first-order chi connectivity index (χ1) is 9.17. The molecular weight excluding hydrogens is 248 g/mol. The maximum atomic E-state index is 5.46. The third kappa shape index (κ3) is 4.18. The van der Waals surface area contributed by atoms with Gasteiger partial charge in [0, 0.05) is 19.3 Å². The van der Waals surface area contributed by atoms with E-state index in [0.717, 1.165) is 26.1 Å². The molecule has 8 heteroatoms. The molecule has 0 saturated carbocycles. The molecule has 0 bridgehead atoms. The minimum absolute atomic E-state index is 0.0102. The summed E-state index contributed by atoms with van der Waals surface area (Å²) in [7, 11) is 0. The van der Waals surface area contributed by atoms with Crippen molar-refractivity contribution in [3.8, 4) is 6.01 Å². The lowest BCUT2D eigenvalue weighted by molar-refractivity contribution is 0.0903. The van der Waals surface area contributed by atoms with Crippen molar-refractivity contribution in [3.63, 3.8) is 0 Å². The number of hydrogen-bond donors (Lipinski definition) is 3. The molecule has 2 heterocycles. The molecule has 106 valence electrons. The van der Waals surface area contributed by atoms with Crippen molar-refractivity contribution in [3.05, 3.63) is 0 Å². The van der Waals surface area contributed by atoms with Crippen LogP contribution in [0.25, 0.3) is 0 Å². The van der Waals surface area contributed by atoms with E-state index in [9.17, 15) is 0 Å². The van der Waals surface area contributed by atoms with Crippen molar-refractivity contribution in [1.29, 1.82) is 0 Å². The predicted octanol–water partition coefficient (Wildman–Crippen LogP) is 0.535. The minimum atomic E-state index is -0.0102. The van der Waals surface area contributed by atoms with Gasteiger partial charge >= 0.3 is 6.01 Å². The maximum Gasteiger partial charge on any atom is 0.323 e. The molecule has 0 aliphatic carbocycles. The summed E-state index contributed by atoms with van der Waals surface area (Å²) in [5.74, 6) is 6.09. The molecule has 1 fully saturated rings. The zero-order chi connectivity index (χ0) is 13.7. The Labute approximate surface area is 112 Å². The highest BCUT2D eigenvalue weighted by atomic mass is 16.5. The van der Waals surface area contributed by atoms with Gasteiger partial charge in [-0.15, -0.1) is 0 Å². The lowest BCUT2D eigenvalue weighted by atomic mass is 10.1. The predicted molar refractivity (Wildman–Crippen MR) is 70.9 cm³/mol. The molecule has 0 unspecified atom stereocenters. The second-order valence-electron chi connectivity index (χ2n) is 4.61. The van der Waals surface area contributed by atoms with Crippen molar-refractivity contribution < 1.29 is 9.47 Å². The lowest BCUT2D eigenvalue weighted by Gasteiger charge is -2.23. The summed E-state index contributed by atoms with van der Waals surface area (Å²) in [5, 5.41) is 3.25. The number of anilines is 2. The largest absolute Gasteiger partial charge is 0.461 e. The van der Waals surface area contributed by atoms with Gasteiger partial charge in [-0.25, -0.2) is 5.84 Å². The smallest absolute Gasteiger partial charge is 0.323 e. The van der Waals surface area contributed by atoms with E-state index in [1.807, 2.05) is 13.8 Å². The van der Waals surface area contributed by atoms with Crippen molar-refractivity contribution in [2.24, 2.45) is 5.84 Å². The monoisotopic (exact) mass is 268 g/mol. The number of hydrazine groups is 1. The lowest BCUT2D eigenvalue weighted by Crippen LogP contribution is -2.29. The second kappa shape index (κ2) is 6.48. The molecule has 1 aromatic heterocycles. The first-order valence-corrected chi connectivity index (χ1v) is 6.41. The summed E-state index contributed by atoms with van der Waals surface area (Å²) in [6, 6.07) is 0.557. The number of nitrogens with one attached hydrogen (secondary N) is 2. The van der Waals surface area contributed by atoms with Crippen LogP contribution in [-0.4, -0.2) is 40.3 Å². The molecule has 0 amide bonds. The Bertz CT molecular complexity index is 408. The van der Waals surface area contributed by atoms with Crippen LogP contribution in [0.4, 0.5) is 11.9 Å². The van der Waals surface area contributed by atoms with Crippen LogP contribution in [0.2, 0.25) is 0 Å². The Hall–Kier alpha value is -1.67. The van der Waals surface area contributed by atoms with Crippen LogP contribution in [0.3, 0.4) is 0 Å².